The van der Waals surface area contributed by atoms with Gasteiger partial charge in [0.2, 0.25) is 0 Å². The molecular weight excluding hydrogens is 231 g/mol. The Balaban J connectivity index is 2.15. The topological polar surface area (TPSA) is 50.9 Å². The van der Waals surface area contributed by atoms with E-state index >= 15 is 0 Å². The summed E-state index contributed by atoms with van der Waals surface area (Å²) in [5.74, 6) is 0.623. The van der Waals surface area contributed by atoms with Crippen molar-refractivity contribution in [1.29, 1.82) is 0 Å². The minimum Gasteiger partial charge on any atom is -0.396 e. The van der Waals surface area contributed by atoms with Crippen LogP contribution in [0, 0.1) is 5.92 Å². The quantitative estimate of drug-likeness (QED) is 0.842. The molecule has 0 aromatic carbocycles. The number of nitrogens with zero attached hydrogens (tertiary/aromatic N) is 1. The van der Waals surface area contributed by atoms with Crippen molar-refractivity contribution in [3.63, 3.8) is 0 Å². The van der Waals surface area contributed by atoms with E-state index in [1.54, 1.807) is 0 Å². The van der Waals surface area contributed by atoms with Crippen LogP contribution >= 0.6 is 0 Å². The van der Waals surface area contributed by atoms with Crippen molar-refractivity contribution in [2.45, 2.75) is 32.0 Å². The van der Waals surface area contributed by atoms with Crippen LogP contribution in [0.5, 0.6) is 0 Å². The summed E-state index contributed by atoms with van der Waals surface area (Å²) in [5.41, 5.74) is 5.26. The van der Waals surface area contributed by atoms with Gasteiger partial charge in [-0.25, -0.2) is 4.98 Å². The zero-order valence-electron chi connectivity index (χ0n) is 9.38. The van der Waals surface area contributed by atoms with Crippen LogP contribution in [-0.2, 0) is 6.18 Å². The van der Waals surface area contributed by atoms with Crippen LogP contribution in [0.1, 0.15) is 25.5 Å². The average molecular weight is 245 g/mol. The average Bonchev–Trinajstić information content (AvgIpc) is 2.17. The maximum absolute atomic E-state index is 12.5. The van der Waals surface area contributed by atoms with Gasteiger partial charge >= 0.3 is 6.18 Å². The van der Waals surface area contributed by atoms with E-state index in [-0.39, 0.29) is 11.7 Å². The van der Waals surface area contributed by atoms with E-state index in [2.05, 4.69) is 17.2 Å². The number of nitrogens with two attached hydrogens (primary N) is 1. The lowest BCUT2D eigenvalue weighted by Crippen LogP contribution is -2.34. The van der Waals surface area contributed by atoms with E-state index in [1.165, 1.54) is 0 Å². The van der Waals surface area contributed by atoms with Gasteiger partial charge in [-0.2, -0.15) is 13.2 Å². The molecule has 1 saturated carbocycles. The number of pyridine rings is 1. The third-order valence-electron chi connectivity index (χ3n) is 2.96. The van der Waals surface area contributed by atoms with Gasteiger partial charge in [-0.1, -0.05) is 6.92 Å². The minimum absolute atomic E-state index is 0.218. The molecule has 3 N–H and O–H groups in total. The second kappa shape index (κ2) is 4.09. The molecule has 0 radical (unpaired) electrons. The van der Waals surface area contributed by atoms with Gasteiger partial charge in [-0.3, -0.25) is 0 Å². The molecule has 0 aliphatic heterocycles. The minimum atomic E-state index is -4.43. The number of nitrogens with one attached hydrogen (secondary N) is 1. The Morgan fingerprint density at radius 1 is 1.41 bits per heavy atom. The fourth-order valence-electron chi connectivity index (χ4n) is 1.99. The predicted octanol–water partition coefficient (Wildman–Crippen LogP) is 2.89. The van der Waals surface area contributed by atoms with Gasteiger partial charge in [0.05, 0.1) is 17.6 Å². The highest BCUT2D eigenvalue weighted by atomic mass is 19.4. The van der Waals surface area contributed by atoms with Crippen molar-refractivity contribution in [1.82, 2.24) is 4.98 Å². The lowest BCUT2D eigenvalue weighted by Gasteiger charge is -2.34. The Labute approximate surface area is 97.2 Å². The first kappa shape index (κ1) is 12.0. The molecule has 1 aliphatic carbocycles. The molecule has 6 heteroatoms. The molecule has 0 bridgehead atoms. The molecule has 2 rings (SSSR count). The molecule has 1 heterocycles. The first-order chi connectivity index (χ1) is 7.86. The van der Waals surface area contributed by atoms with E-state index < -0.39 is 11.9 Å². The van der Waals surface area contributed by atoms with Gasteiger partial charge in [-0.05, 0) is 24.8 Å². The molecule has 1 aromatic heterocycles. The zero-order valence-corrected chi connectivity index (χ0v) is 9.38. The Morgan fingerprint density at radius 3 is 2.59 bits per heavy atom. The molecule has 0 saturated heterocycles. The van der Waals surface area contributed by atoms with Crippen molar-refractivity contribution in [3.05, 3.63) is 18.0 Å². The lowest BCUT2D eigenvalue weighted by atomic mass is 9.82. The van der Waals surface area contributed by atoms with Crippen LogP contribution in [0.15, 0.2) is 12.3 Å². The number of halogens is 3. The fourth-order valence-corrected chi connectivity index (χ4v) is 1.99. The van der Waals surface area contributed by atoms with Crippen molar-refractivity contribution in [2.75, 3.05) is 11.1 Å². The molecule has 1 aliphatic rings. The number of hydrogen-bond donors (Lipinski definition) is 2. The Kier molecular flexibility index (Phi) is 2.89. The Hall–Kier alpha value is -1.46. The van der Waals surface area contributed by atoms with Gasteiger partial charge in [0.25, 0.3) is 0 Å². The monoisotopic (exact) mass is 245 g/mol. The van der Waals surface area contributed by atoms with Crippen LogP contribution in [0.2, 0.25) is 0 Å². The number of aromatic nitrogens is 1. The van der Waals surface area contributed by atoms with E-state index in [0.29, 0.717) is 11.6 Å². The standard InChI is InChI=1S/C11H14F3N3/c1-6-2-7(3-6)17-9-4-10(11(12,13)14)16-5-8(9)15/h4-7H,2-3,15H2,1H3,(H,16,17). The first-order valence-electron chi connectivity index (χ1n) is 5.45. The summed E-state index contributed by atoms with van der Waals surface area (Å²) in [6.07, 6.45) is -1.46. The summed E-state index contributed by atoms with van der Waals surface area (Å²) in [6, 6.07) is 1.19. The maximum Gasteiger partial charge on any atom is 0.433 e. The lowest BCUT2D eigenvalue weighted by molar-refractivity contribution is -0.141. The highest BCUT2D eigenvalue weighted by Gasteiger charge is 2.33. The van der Waals surface area contributed by atoms with E-state index in [9.17, 15) is 13.2 Å². The smallest absolute Gasteiger partial charge is 0.396 e. The summed E-state index contributed by atoms with van der Waals surface area (Å²) in [5, 5.41) is 3.02. The number of nitrogen functional groups attached to an aromatic ring is 1. The van der Waals surface area contributed by atoms with Gasteiger partial charge in [0.1, 0.15) is 5.69 Å². The van der Waals surface area contributed by atoms with Crippen molar-refractivity contribution >= 4 is 11.4 Å². The summed E-state index contributed by atoms with van der Waals surface area (Å²) in [6.45, 7) is 2.11. The molecule has 0 atom stereocenters. The van der Waals surface area contributed by atoms with Gasteiger partial charge < -0.3 is 11.1 Å². The van der Waals surface area contributed by atoms with Gasteiger partial charge in [0, 0.05) is 6.04 Å². The molecule has 94 valence electrons. The zero-order chi connectivity index (χ0) is 12.6. The summed E-state index contributed by atoms with van der Waals surface area (Å²) < 4.78 is 37.4. The number of hydrogen-bond acceptors (Lipinski definition) is 3. The van der Waals surface area contributed by atoms with E-state index in [1.807, 2.05) is 0 Å². The first-order valence-corrected chi connectivity index (χ1v) is 5.45. The van der Waals surface area contributed by atoms with Crippen LogP contribution in [0.4, 0.5) is 24.5 Å². The van der Waals surface area contributed by atoms with Crippen molar-refractivity contribution in [3.8, 4) is 0 Å². The third-order valence-corrected chi connectivity index (χ3v) is 2.96. The van der Waals surface area contributed by atoms with Crippen LogP contribution in [0.25, 0.3) is 0 Å². The van der Waals surface area contributed by atoms with Crippen LogP contribution in [-0.4, -0.2) is 11.0 Å². The molecule has 1 aromatic rings. The second-order valence-corrected chi connectivity index (χ2v) is 4.57. The molecule has 0 spiro atoms. The highest BCUT2D eigenvalue weighted by molar-refractivity contribution is 5.66. The summed E-state index contributed by atoms with van der Waals surface area (Å²) in [7, 11) is 0. The molecule has 0 amide bonds. The van der Waals surface area contributed by atoms with Crippen LogP contribution < -0.4 is 11.1 Å². The molecular formula is C11H14F3N3. The van der Waals surface area contributed by atoms with Crippen molar-refractivity contribution in [2.24, 2.45) is 5.92 Å². The molecule has 17 heavy (non-hydrogen) atoms. The van der Waals surface area contributed by atoms with Crippen molar-refractivity contribution < 1.29 is 13.2 Å². The highest BCUT2D eigenvalue weighted by Crippen LogP contribution is 2.34. The largest absolute Gasteiger partial charge is 0.433 e. The summed E-state index contributed by atoms with van der Waals surface area (Å²) >= 11 is 0. The van der Waals surface area contributed by atoms with Gasteiger partial charge in [-0.15, -0.1) is 0 Å². The fraction of sp³-hybridized carbons (Fsp3) is 0.545. The Bertz CT molecular complexity index is 411. The van der Waals surface area contributed by atoms with Crippen LogP contribution in [0.3, 0.4) is 0 Å². The normalized spacial score (nSPS) is 24.2. The van der Waals surface area contributed by atoms with Gasteiger partial charge in [0.15, 0.2) is 0 Å². The predicted molar refractivity (Wildman–Crippen MR) is 59.5 cm³/mol. The second-order valence-electron chi connectivity index (χ2n) is 4.57. The Morgan fingerprint density at radius 2 is 2.06 bits per heavy atom. The van der Waals surface area contributed by atoms with E-state index in [4.69, 9.17) is 5.73 Å². The van der Waals surface area contributed by atoms with E-state index in [0.717, 1.165) is 25.1 Å². The SMILES string of the molecule is CC1CC(Nc2cc(C(F)(F)F)ncc2N)C1. The third kappa shape index (κ3) is 2.62. The molecule has 1 fully saturated rings. The number of rotatable bonds is 2. The number of anilines is 2. The molecule has 3 nitrogen and oxygen atoms in total. The number of alkyl halides is 3. The summed E-state index contributed by atoms with van der Waals surface area (Å²) in [4.78, 5) is 3.29. The molecule has 0 unspecified atom stereocenters. The maximum atomic E-state index is 12.5.